The molecule has 3 rings (SSSR count). The molecule has 6 nitrogen and oxygen atoms in total. The summed E-state index contributed by atoms with van der Waals surface area (Å²) in [4.78, 5) is -0.787. The number of rotatable bonds is 5. The van der Waals surface area contributed by atoms with Gasteiger partial charge in [0.05, 0.1) is 4.90 Å². The predicted molar refractivity (Wildman–Crippen MR) is 91.6 cm³/mol. The monoisotopic (exact) mass is 402 g/mol. The molecule has 2 aromatic rings. The van der Waals surface area contributed by atoms with E-state index in [0.717, 1.165) is 25.0 Å². The van der Waals surface area contributed by atoms with Crippen LogP contribution in [0.15, 0.2) is 52.3 Å². The zero-order chi connectivity index (χ0) is 18.9. The van der Waals surface area contributed by atoms with Gasteiger partial charge in [-0.05, 0) is 55.3 Å². The number of sulfonamides is 2. The van der Waals surface area contributed by atoms with E-state index in [4.69, 9.17) is 0 Å². The molecular weight excluding hydrogens is 386 g/mol. The molecule has 1 fully saturated rings. The van der Waals surface area contributed by atoms with Crippen LogP contribution in [0.1, 0.15) is 12.8 Å². The van der Waals surface area contributed by atoms with Crippen molar-refractivity contribution in [1.82, 2.24) is 4.31 Å². The fraction of sp³-hybridized carbons (Fsp3) is 0.250. The summed E-state index contributed by atoms with van der Waals surface area (Å²) in [5.41, 5.74) is 0.0361. The highest BCUT2D eigenvalue weighted by Gasteiger charge is 2.27. The quantitative estimate of drug-likeness (QED) is 0.833. The minimum absolute atomic E-state index is 0.0361. The van der Waals surface area contributed by atoms with Crippen molar-refractivity contribution in [2.24, 2.45) is 0 Å². The van der Waals surface area contributed by atoms with Gasteiger partial charge in [0.1, 0.15) is 16.5 Å². The van der Waals surface area contributed by atoms with E-state index >= 15 is 0 Å². The lowest BCUT2D eigenvalue weighted by atomic mass is 10.3. The van der Waals surface area contributed by atoms with Crippen molar-refractivity contribution in [3.63, 3.8) is 0 Å². The Hall–Kier alpha value is -2.04. The molecule has 0 bridgehead atoms. The smallest absolute Gasteiger partial charge is 0.264 e. The van der Waals surface area contributed by atoms with Crippen molar-refractivity contribution in [2.45, 2.75) is 22.6 Å². The molecule has 0 saturated carbocycles. The van der Waals surface area contributed by atoms with E-state index in [9.17, 15) is 25.6 Å². The maximum absolute atomic E-state index is 13.7. The first kappa shape index (κ1) is 18.7. The Kier molecular flexibility index (Phi) is 5.00. The molecule has 1 heterocycles. The van der Waals surface area contributed by atoms with Gasteiger partial charge in [-0.3, -0.25) is 4.72 Å². The molecule has 1 N–H and O–H groups in total. The zero-order valence-corrected chi connectivity index (χ0v) is 15.2. The topological polar surface area (TPSA) is 83.5 Å². The number of hydrogen-bond acceptors (Lipinski definition) is 4. The first-order chi connectivity index (χ1) is 12.2. The Balaban J connectivity index is 1.84. The Morgan fingerprint density at radius 3 is 2.12 bits per heavy atom. The van der Waals surface area contributed by atoms with Crippen LogP contribution in [0.4, 0.5) is 14.5 Å². The van der Waals surface area contributed by atoms with Gasteiger partial charge in [-0.15, -0.1) is 0 Å². The fourth-order valence-electron chi connectivity index (χ4n) is 2.67. The first-order valence-corrected chi connectivity index (χ1v) is 10.7. The van der Waals surface area contributed by atoms with Gasteiger partial charge in [0.2, 0.25) is 10.0 Å². The Bertz CT molecular complexity index is 1020. The van der Waals surface area contributed by atoms with E-state index in [0.29, 0.717) is 19.2 Å². The van der Waals surface area contributed by atoms with Crippen LogP contribution in [0.2, 0.25) is 0 Å². The normalized spacial score (nSPS) is 15.9. The van der Waals surface area contributed by atoms with E-state index in [1.807, 2.05) is 0 Å². The number of benzene rings is 2. The Morgan fingerprint density at radius 2 is 1.50 bits per heavy atom. The molecule has 1 aliphatic rings. The summed E-state index contributed by atoms with van der Waals surface area (Å²) in [6, 6.07) is 7.17. The van der Waals surface area contributed by atoms with Crippen LogP contribution in [0, 0.1) is 11.6 Å². The SMILES string of the molecule is O=S(=O)(Nc1ccc(S(=O)(=O)N2CCCC2)cc1)c1cc(F)ccc1F. The highest BCUT2D eigenvalue weighted by atomic mass is 32.2. The minimum atomic E-state index is -4.36. The summed E-state index contributed by atoms with van der Waals surface area (Å²) in [7, 11) is -7.97. The lowest BCUT2D eigenvalue weighted by Crippen LogP contribution is -2.27. The summed E-state index contributed by atoms with van der Waals surface area (Å²) in [5, 5.41) is 0. The molecule has 0 atom stereocenters. The van der Waals surface area contributed by atoms with Crippen molar-refractivity contribution >= 4 is 25.7 Å². The zero-order valence-electron chi connectivity index (χ0n) is 13.5. The second kappa shape index (κ2) is 6.93. The molecule has 0 radical (unpaired) electrons. The van der Waals surface area contributed by atoms with Gasteiger partial charge in [0, 0.05) is 18.8 Å². The molecule has 0 unspecified atom stereocenters. The van der Waals surface area contributed by atoms with Crippen LogP contribution in [-0.2, 0) is 20.0 Å². The summed E-state index contributed by atoms with van der Waals surface area (Å²) in [6.45, 7) is 0.908. The largest absolute Gasteiger partial charge is 0.280 e. The van der Waals surface area contributed by atoms with Crippen molar-refractivity contribution in [2.75, 3.05) is 17.8 Å². The Labute approximate surface area is 150 Å². The highest BCUT2D eigenvalue weighted by molar-refractivity contribution is 7.92. The molecule has 26 heavy (non-hydrogen) atoms. The van der Waals surface area contributed by atoms with Crippen molar-refractivity contribution in [3.8, 4) is 0 Å². The molecule has 0 amide bonds. The second-order valence-electron chi connectivity index (χ2n) is 5.82. The van der Waals surface area contributed by atoms with Crippen LogP contribution >= 0.6 is 0 Å². The second-order valence-corrected chi connectivity index (χ2v) is 9.40. The van der Waals surface area contributed by atoms with Gasteiger partial charge in [0.25, 0.3) is 10.0 Å². The third-order valence-corrected chi connectivity index (χ3v) is 7.30. The Morgan fingerprint density at radius 1 is 0.885 bits per heavy atom. The number of nitrogens with zero attached hydrogens (tertiary/aromatic N) is 1. The third kappa shape index (κ3) is 3.71. The van der Waals surface area contributed by atoms with Crippen molar-refractivity contribution in [1.29, 1.82) is 0 Å². The summed E-state index contributed by atoms with van der Waals surface area (Å²) in [6.07, 6.45) is 1.60. The maximum atomic E-state index is 13.7. The van der Waals surface area contributed by atoms with Crippen LogP contribution in [0.25, 0.3) is 0 Å². The number of hydrogen-bond donors (Lipinski definition) is 1. The predicted octanol–water partition coefficient (Wildman–Crippen LogP) is 2.55. The van der Waals surface area contributed by atoms with Gasteiger partial charge < -0.3 is 0 Å². The summed E-state index contributed by atoms with van der Waals surface area (Å²) < 4.78 is 79.7. The molecule has 1 aliphatic heterocycles. The van der Waals surface area contributed by atoms with Crippen LogP contribution in [0.3, 0.4) is 0 Å². The van der Waals surface area contributed by atoms with E-state index in [-0.39, 0.29) is 10.6 Å². The molecule has 140 valence electrons. The van der Waals surface area contributed by atoms with Gasteiger partial charge in [0.15, 0.2) is 0 Å². The van der Waals surface area contributed by atoms with E-state index in [2.05, 4.69) is 4.72 Å². The van der Waals surface area contributed by atoms with Crippen molar-refractivity contribution < 1.29 is 25.6 Å². The number of anilines is 1. The molecule has 0 aliphatic carbocycles. The summed E-state index contributed by atoms with van der Waals surface area (Å²) >= 11 is 0. The minimum Gasteiger partial charge on any atom is -0.280 e. The number of halogens is 2. The standard InChI is InChI=1S/C16H16F2N2O4S2/c17-12-3-8-15(18)16(11-12)25(21,22)19-13-4-6-14(7-5-13)26(23,24)20-9-1-2-10-20/h3-8,11,19H,1-2,9-10H2. The molecule has 10 heteroatoms. The fourth-order valence-corrected chi connectivity index (χ4v) is 5.33. The molecule has 0 spiro atoms. The average Bonchev–Trinajstić information content (AvgIpc) is 3.12. The van der Waals surface area contributed by atoms with E-state index in [1.54, 1.807) is 0 Å². The molecule has 0 aromatic heterocycles. The lowest BCUT2D eigenvalue weighted by Gasteiger charge is -2.16. The van der Waals surface area contributed by atoms with E-state index < -0.39 is 36.6 Å². The third-order valence-electron chi connectivity index (χ3n) is 3.99. The number of nitrogens with one attached hydrogen (secondary N) is 1. The van der Waals surface area contributed by atoms with Crippen molar-refractivity contribution in [3.05, 3.63) is 54.1 Å². The van der Waals surface area contributed by atoms with Gasteiger partial charge in [-0.25, -0.2) is 25.6 Å². The average molecular weight is 402 g/mol. The maximum Gasteiger partial charge on any atom is 0.264 e. The summed E-state index contributed by atoms with van der Waals surface area (Å²) in [5.74, 6) is -1.98. The molecular formula is C16H16F2N2O4S2. The van der Waals surface area contributed by atoms with Gasteiger partial charge in [-0.2, -0.15) is 4.31 Å². The van der Waals surface area contributed by atoms with Gasteiger partial charge in [-0.1, -0.05) is 0 Å². The molecule has 2 aromatic carbocycles. The first-order valence-electron chi connectivity index (χ1n) is 7.78. The lowest BCUT2D eigenvalue weighted by molar-refractivity contribution is 0.477. The highest BCUT2D eigenvalue weighted by Crippen LogP contribution is 2.24. The van der Waals surface area contributed by atoms with E-state index in [1.165, 1.54) is 28.6 Å². The van der Waals surface area contributed by atoms with Crippen LogP contribution < -0.4 is 4.72 Å². The van der Waals surface area contributed by atoms with Gasteiger partial charge >= 0.3 is 0 Å². The van der Waals surface area contributed by atoms with Crippen LogP contribution in [-0.4, -0.2) is 34.2 Å². The molecule has 1 saturated heterocycles. The van der Waals surface area contributed by atoms with Crippen LogP contribution in [0.5, 0.6) is 0 Å².